The quantitative estimate of drug-likeness (QED) is 0.581. The third-order valence-electron chi connectivity index (χ3n) is 3.24. The minimum absolute atomic E-state index is 0.130. The van der Waals surface area contributed by atoms with Gasteiger partial charge in [0.05, 0.1) is 11.3 Å². The number of carbonyl (C=O) groups excluding carboxylic acids is 2. The number of nitrogens with one attached hydrogen (secondary N) is 2. The normalized spacial score (nSPS) is 10.6. The Morgan fingerprint density at radius 3 is 2.42 bits per heavy atom. The van der Waals surface area contributed by atoms with E-state index in [0.29, 0.717) is 11.4 Å². The second kappa shape index (κ2) is 7.61. The van der Waals surface area contributed by atoms with Crippen LogP contribution < -0.4 is 16.4 Å². The standard InChI is InChI=1S/C18H16N4O2/c1-12-6-8-14(9-7-12)22-18(24)13(10-19)11-21-16-5-3-2-4-15(16)17(20)23/h2-9,11,21H,1H3,(H2,20,23)(H,22,24)/b13-11-. The minimum Gasteiger partial charge on any atom is -0.366 e. The molecule has 0 unspecified atom stereocenters. The average molecular weight is 320 g/mol. The first kappa shape index (κ1) is 16.8. The van der Waals surface area contributed by atoms with Crippen LogP contribution in [0.15, 0.2) is 60.3 Å². The van der Waals surface area contributed by atoms with Crippen LogP contribution in [0, 0.1) is 18.3 Å². The largest absolute Gasteiger partial charge is 0.366 e. The fraction of sp³-hybridized carbons (Fsp3) is 0.0556. The van der Waals surface area contributed by atoms with Crippen molar-refractivity contribution in [2.24, 2.45) is 5.73 Å². The first-order chi connectivity index (χ1) is 11.5. The molecule has 6 heteroatoms. The number of rotatable bonds is 5. The van der Waals surface area contributed by atoms with Crippen LogP contribution in [0.4, 0.5) is 11.4 Å². The summed E-state index contributed by atoms with van der Waals surface area (Å²) in [4.78, 5) is 23.5. The van der Waals surface area contributed by atoms with E-state index in [2.05, 4.69) is 10.6 Å². The number of anilines is 2. The van der Waals surface area contributed by atoms with E-state index in [1.54, 1.807) is 36.4 Å². The zero-order valence-electron chi connectivity index (χ0n) is 13.0. The van der Waals surface area contributed by atoms with Crippen LogP contribution in [0.2, 0.25) is 0 Å². The van der Waals surface area contributed by atoms with Crippen LogP contribution >= 0.6 is 0 Å². The first-order valence-electron chi connectivity index (χ1n) is 7.15. The summed E-state index contributed by atoms with van der Waals surface area (Å²) in [5.41, 5.74) is 7.49. The molecule has 2 amide bonds. The van der Waals surface area contributed by atoms with E-state index in [9.17, 15) is 9.59 Å². The van der Waals surface area contributed by atoms with Gasteiger partial charge in [-0.1, -0.05) is 29.8 Å². The van der Waals surface area contributed by atoms with Gasteiger partial charge in [-0.15, -0.1) is 0 Å². The molecule has 0 aliphatic heterocycles. The molecule has 0 saturated heterocycles. The van der Waals surface area contributed by atoms with E-state index in [0.717, 1.165) is 5.56 Å². The molecule has 4 N–H and O–H groups in total. The SMILES string of the molecule is Cc1ccc(NC(=O)/C(C#N)=C\Nc2ccccc2C(N)=O)cc1. The molecule has 0 aliphatic rings. The maximum atomic E-state index is 12.1. The lowest BCUT2D eigenvalue weighted by Crippen LogP contribution is -2.16. The number of nitrogens with two attached hydrogens (primary N) is 1. The number of nitriles is 1. The number of para-hydroxylation sites is 1. The Morgan fingerprint density at radius 2 is 1.79 bits per heavy atom. The highest BCUT2D eigenvalue weighted by Crippen LogP contribution is 2.15. The van der Waals surface area contributed by atoms with Crippen LogP contribution in [0.3, 0.4) is 0 Å². The molecule has 0 atom stereocenters. The molecule has 0 aliphatic carbocycles. The fourth-order valence-electron chi connectivity index (χ4n) is 1.96. The van der Waals surface area contributed by atoms with Gasteiger partial charge in [-0.05, 0) is 31.2 Å². The molecule has 0 saturated carbocycles. The van der Waals surface area contributed by atoms with E-state index >= 15 is 0 Å². The highest BCUT2D eigenvalue weighted by molar-refractivity contribution is 6.07. The Hall–Kier alpha value is -3.59. The molecule has 0 spiro atoms. The van der Waals surface area contributed by atoms with Crippen molar-refractivity contribution in [3.8, 4) is 6.07 Å². The zero-order valence-corrected chi connectivity index (χ0v) is 13.0. The fourth-order valence-corrected chi connectivity index (χ4v) is 1.96. The molecule has 120 valence electrons. The molecular formula is C18H16N4O2. The Labute approximate surface area is 139 Å². The maximum Gasteiger partial charge on any atom is 0.267 e. The smallest absolute Gasteiger partial charge is 0.267 e. The maximum absolute atomic E-state index is 12.1. The number of carbonyl (C=O) groups is 2. The van der Waals surface area contributed by atoms with Crippen molar-refractivity contribution in [1.29, 1.82) is 5.26 Å². The Kier molecular flexibility index (Phi) is 5.32. The van der Waals surface area contributed by atoms with Crippen LogP contribution in [0.5, 0.6) is 0 Å². The number of aryl methyl sites for hydroxylation is 1. The van der Waals surface area contributed by atoms with Crippen LogP contribution in [-0.2, 0) is 4.79 Å². The molecule has 0 bridgehead atoms. The van der Waals surface area contributed by atoms with Crippen molar-refractivity contribution < 1.29 is 9.59 Å². The summed E-state index contributed by atoms with van der Waals surface area (Å²) in [5.74, 6) is -1.15. The van der Waals surface area contributed by atoms with Gasteiger partial charge < -0.3 is 16.4 Å². The van der Waals surface area contributed by atoms with Gasteiger partial charge in [0.1, 0.15) is 11.6 Å². The van der Waals surface area contributed by atoms with Gasteiger partial charge in [-0.25, -0.2) is 0 Å². The molecule has 2 rings (SSSR count). The Bertz CT molecular complexity index is 833. The number of benzene rings is 2. The predicted octanol–water partition coefficient (Wildman–Crippen LogP) is 2.55. The summed E-state index contributed by atoms with van der Waals surface area (Å²) in [6.07, 6.45) is 1.24. The number of amides is 2. The van der Waals surface area contributed by atoms with Crippen molar-refractivity contribution in [3.63, 3.8) is 0 Å². The van der Waals surface area contributed by atoms with Gasteiger partial charge in [-0.3, -0.25) is 9.59 Å². The highest BCUT2D eigenvalue weighted by Gasteiger charge is 2.11. The molecule has 0 fully saturated rings. The Balaban J connectivity index is 2.15. The summed E-state index contributed by atoms with van der Waals surface area (Å²) in [6, 6.07) is 15.6. The van der Waals surface area contributed by atoms with E-state index in [4.69, 9.17) is 11.0 Å². The molecule has 6 nitrogen and oxygen atoms in total. The van der Waals surface area contributed by atoms with Gasteiger partial charge in [0, 0.05) is 11.9 Å². The lowest BCUT2D eigenvalue weighted by atomic mass is 10.1. The second-order valence-corrected chi connectivity index (χ2v) is 5.04. The molecule has 0 aromatic heterocycles. The van der Waals surface area contributed by atoms with Crippen LogP contribution in [0.25, 0.3) is 0 Å². The average Bonchev–Trinajstić information content (AvgIpc) is 2.57. The van der Waals surface area contributed by atoms with Crippen molar-refractivity contribution in [1.82, 2.24) is 0 Å². The number of nitrogens with zero attached hydrogens (tertiary/aromatic N) is 1. The van der Waals surface area contributed by atoms with E-state index < -0.39 is 11.8 Å². The minimum atomic E-state index is -0.603. The van der Waals surface area contributed by atoms with Gasteiger partial charge in [0.15, 0.2) is 0 Å². The molecule has 0 radical (unpaired) electrons. The van der Waals surface area contributed by atoms with Gasteiger partial charge >= 0.3 is 0 Å². The topological polar surface area (TPSA) is 108 Å². The molecular weight excluding hydrogens is 304 g/mol. The lowest BCUT2D eigenvalue weighted by molar-refractivity contribution is -0.112. The molecule has 24 heavy (non-hydrogen) atoms. The van der Waals surface area contributed by atoms with Gasteiger partial charge in [-0.2, -0.15) is 5.26 Å². The molecule has 2 aromatic rings. The third kappa shape index (κ3) is 4.21. The van der Waals surface area contributed by atoms with Crippen molar-refractivity contribution >= 4 is 23.2 Å². The number of hydrogen-bond donors (Lipinski definition) is 3. The summed E-state index contributed by atoms with van der Waals surface area (Å²) in [6.45, 7) is 1.94. The predicted molar refractivity (Wildman–Crippen MR) is 92.1 cm³/mol. The number of hydrogen-bond acceptors (Lipinski definition) is 4. The number of primary amides is 1. The third-order valence-corrected chi connectivity index (χ3v) is 3.24. The monoisotopic (exact) mass is 320 g/mol. The van der Waals surface area contributed by atoms with Crippen molar-refractivity contribution in [2.45, 2.75) is 6.92 Å². The van der Waals surface area contributed by atoms with Gasteiger partial charge in [0.2, 0.25) is 0 Å². The van der Waals surface area contributed by atoms with Crippen molar-refractivity contribution in [2.75, 3.05) is 10.6 Å². The highest BCUT2D eigenvalue weighted by atomic mass is 16.2. The Morgan fingerprint density at radius 1 is 1.12 bits per heavy atom. The van der Waals surface area contributed by atoms with E-state index in [-0.39, 0.29) is 11.1 Å². The summed E-state index contributed by atoms with van der Waals surface area (Å²) >= 11 is 0. The lowest BCUT2D eigenvalue weighted by Gasteiger charge is -2.07. The summed E-state index contributed by atoms with van der Waals surface area (Å²) in [5, 5.41) is 14.6. The molecule has 2 aromatic carbocycles. The van der Waals surface area contributed by atoms with E-state index in [1.165, 1.54) is 6.20 Å². The summed E-state index contributed by atoms with van der Waals surface area (Å²) < 4.78 is 0. The molecule has 0 heterocycles. The van der Waals surface area contributed by atoms with Crippen molar-refractivity contribution in [3.05, 3.63) is 71.4 Å². The van der Waals surface area contributed by atoms with Crippen LogP contribution in [0.1, 0.15) is 15.9 Å². The van der Waals surface area contributed by atoms with E-state index in [1.807, 2.05) is 25.1 Å². The second-order valence-electron chi connectivity index (χ2n) is 5.04. The van der Waals surface area contributed by atoms with Crippen LogP contribution in [-0.4, -0.2) is 11.8 Å². The zero-order chi connectivity index (χ0) is 17.5. The van der Waals surface area contributed by atoms with Gasteiger partial charge in [0.25, 0.3) is 11.8 Å². The summed E-state index contributed by atoms with van der Waals surface area (Å²) in [7, 11) is 0. The first-order valence-corrected chi connectivity index (χ1v) is 7.15.